The minimum atomic E-state index is -3.54. The van der Waals surface area contributed by atoms with Crippen molar-refractivity contribution in [2.75, 3.05) is 41.0 Å². The summed E-state index contributed by atoms with van der Waals surface area (Å²) in [5.74, 6) is 0.480. The molecule has 0 spiro atoms. The summed E-state index contributed by atoms with van der Waals surface area (Å²) in [7, 11) is 0.983. The number of rotatable bonds is 11. The molecule has 0 atom stereocenters. The second-order valence-electron chi connectivity index (χ2n) is 7.75. The van der Waals surface area contributed by atoms with Crippen molar-refractivity contribution in [1.29, 1.82) is 0 Å². The van der Waals surface area contributed by atoms with Crippen molar-refractivity contribution in [3.05, 3.63) is 47.5 Å². The lowest BCUT2D eigenvalue weighted by Gasteiger charge is -2.15. The molecule has 3 rings (SSSR count). The van der Waals surface area contributed by atoms with Gasteiger partial charge in [0.05, 0.1) is 26.2 Å². The van der Waals surface area contributed by atoms with Crippen LogP contribution in [-0.2, 0) is 26.0 Å². The van der Waals surface area contributed by atoms with Gasteiger partial charge in [0.15, 0.2) is 23.9 Å². The molecular formula is C24H29NO8S. The summed E-state index contributed by atoms with van der Waals surface area (Å²) in [5.41, 5.74) is 1.06. The number of hydrogen-bond donors (Lipinski definition) is 0. The number of carbonyl (C=O) groups excluding carboxylic acids is 2. The van der Waals surface area contributed by atoms with E-state index in [4.69, 9.17) is 18.9 Å². The Kier molecular flexibility index (Phi) is 8.51. The Hall–Kier alpha value is -3.11. The maximum Gasteiger partial charge on any atom is 0.306 e. The standard InChI is InChI=1S/C24H29NO8S/c1-30-21-14-17(15-22(31-2)24(21)32-3)6-11-23(27)33-16-20(26)18-7-9-19(10-8-18)34(28,29)25-12-4-5-13-25/h7-10,14-15H,4-6,11-13,16H2,1-3H3. The number of esters is 1. The van der Waals surface area contributed by atoms with Gasteiger partial charge in [0.25, 0.3) is 0 Å². The lowest BCUT2D eigenvalue weighted by atomic mass is 10.1. The Morgan fingerprint density at radius 2 is 1.50 bits per heavy atom. The molecule has 1 aliphatic rings. The van der Waals surface area contributed by atoms with Gasteiger partial charge in [-0.15, -0.1) is 0 Å². The van der Waals surface area contributed by atoms with Crippen LogP contribution >= 0.6 is 0 Å². The number of hydrogen-bond acceptors (Lipinski definition) is 8. The molecule has 0 N–H and O–H groups in total. The number of benzene rings is 2. The highest BCUT2D eigenvalue weighted by atomic mass is 32.2. The fraction of sp³-hybridized carbons (Fsp3) is 0.417. The molecule has 0 aromatic heterocycles. The van der Waals surface area contributed by atoms with Crippen LogP contribution in [0.25, 0.3) is 0 Å². The molecule has 1 heterocycles. The van der Waals surface area contributed by atoms with E-state index in [1.807, 2.05) is 0 Å². The lowest BCUT2D eigenvalue weighted by molar-refractivity contribution is -0.142. The van der Waals surface area contributed by atoms with Crippen LogP contribution in [-0.4, -0.2) is 65.5 Å². The van der Waals surface area contributed by atoms with Gasteiger partial charge in [-0.3, -0.25) is 9.59 Å². The van der Waals surface area contributed by atoms with Gasteiger partial charge >= 0.3 is 5.97 Å². The fourth-order valence-corrected chi connectivity index (χ4v) is 5.24. The number of nitrogens with zero attached hydrogens (tertiary/aromatic N) is 1. The van der Waals surface area contributed by atoms with Crippen LogP contribution in [0.3, 0.4) is 0 Å². The van der Waals surface area contributed by atoms with E-state index in [1.54, 1.807) is 12.1 Å². The predicted octanol–water partition coefficient (Wildman–Crippen LogP) is 2.86. The van der Waals surface area contributed by atoms with Crippen molar-refractivity contribution in [3.8, 4) is 17.2 Å². The zero-order chi connectivity index (χ0) is 24.7. The largest absolute Gasteiger partial charge is 0.493 e. The summed E-state index contributed by atoms with van der Waals surface area (Å²) in [5, 5.41) is 0. The first-order chi connectivity index (χ1) is 16.3. The molecule has 1 fully saturated rings. The van der Waals surface area contributed by atoms with Crippen molar-refractivity contribution in [2.24, 2.45) is 0 Å². The molecule has 1 saturated heterocycles. The topological polar surface area (TPSA) is 108 Å². The molecule has 1 aliphatic heterocycles. The average Bonchev–Trinajstić information content (AvgIpc) is 3.41. The van der Waals surface area contributed by atoms with Crippen LogP contribution < -0.4 is 14.2 Å². The first kappa shape index (κ1) is 25.5. The number of aryl methyl sites for hydroxylation is 1. The summed E-state index contributed by atoms with van der Waals surface area (Å²) in [4.78, 5) is 24.7. The van der Waals surface area contributed by atoms with E-state index >= 15 is 0 Å². The van der Waals surface area contributed by atoms with E-state index in [-0.39, 0.29) is 16.9 Å². The van der Waals surface area contributed by atoms with Gasteiger partial charge in [-0.25, -0.2) is 8.42 Å². The number of ketones is 1. The second-order valence-corrected chi connectivity index (χ2v) is 9.69. The van der Waals surface area contributed by atoms with Crippen molar-refractivity contribution >= 4 is 21.8 Å². The Morgan fingerprint density at radius 3 is 2.03 bits per heavy atom. The number of carbonyl (C=O) groups is 2. The summed E-state index contributed by atoms with van der Waals surface area (Å²) < 4.78 is 47.6. The van der Waals surface area contributed by atoms with Gasteiger partial charge in [-0.1, -0.05) is 0 Å². The molecule has 184 valence electrons. The van der Waals surface area contributed by atoms with Crippen molar-refractivity contribution in [3.63, 3.8) is 0 Å². The van der Waals surface area contributed by atoms with Gasteiger partial charge < -0.3 is 18.9 Å². The average molecular weight is 492 g/mol. The molecule has 2 aromatic rings. The molecule has 0 amide bonds. The van der Waals surface area contributed by atoms with Crippen LogP contribution in [0.2, 0.25) is 0 Å². The molecule has 9 nitrogen and oxygen atoms in total. The second kappa shape index (κ2) is 11.3. The monoisotopic (exact) mass is 491 g/mol. The van der Waals surface area contributed by atoms with E-state index in [0.717, 1.165) is 18.4 Å². The van der Waals surface area contributed by atoms with Crippen LogP contribution in [0.15, 0.2) is 41.3 Å². The van der Waals surface area contributed by atoms with E-state index in [0.29, 0.717) is 36.8 Å². The normalized spacial score (nSPS) is 14.0. The highest BCUT2D eigenvalue weighted by Crippen LogP contribution is 2.38. The van der Waals surface area contributed by atoms with Crippen molar-refractivity contribution in [2.45, 2.75) is 30.6 Å². The van der Waals surface area contributed by atoms with E-state index < -0.39 is 28.4 Å². The van der Waals surface area contributed by atoms with Gasteiger partial charge in [0.1, 0.15) is 0 Å². The van der Waals surface area contributed by atoms with Crippen molar-refractivity contribution < 1.29 is 37.0 Å². The highest BCUT2D eigenvalue weighted by molar-refractivity contribution is 7.89. The summed E-state index contributed by atoms with van der Waals surface area (Å²) in [6.07, 6.45) is 2.10. The van der Waals surface area contributed by atoms with Gasteiger partial charge in [0.2, 0.25) is 15.8 Å². The molecule has 2 aromatic carbocycles. The van der Waals surface area contributed by atoms with Crippen molar-refractivity contribution in [1.82, 2.24) is 4.31 Å². The molecule has 10 heteroatoms. The first-order valence-electron chi connectivity index (χ1n) is 10.9. The van der Waals surface area contributed by atoms with Gasteiger partial charge in [-0.05, 0) is 61.2 Å². The van der Waals surface area contributed by atoms with E-state index in [2.05, 4.69) is 0 Å². The molecule has 0 radical (unpaired) electrons. The van der Waals surface area contributed by atoms with E-state index in [9.17, 15) is 18.0 Å². The minimum Gasteiger partial charge on any atom is -0.493 e. The number of Topliss-reactive ketones (excluding diaryl/α,β-unsaturated/α-hetero) is 1. The van der Waals surface area contributed by atoms with Gasteiger partial charge in [0, 0.05) is 25.1 Å². The van der Waals surface area contributed by atoms with Crippen LogP contribution in [0.4, 0.5) is 0 Å². The molecule has 0 unspecified atom stereocenters. The molecule has 0 bridgehead atoms. The zero-order valence-corrected chi connectivity index (χ0v) is 20.4. The first-order valence-corrected chi connectivity index (χ1v) is 12.3. The maximum atomic E-state index is 12.6. The maximum absolute atomic E-state index is 12.6. The quantitative estimate of drug-likeness (QED) is 0.349. The summed E-state index contributed by atoms with van der Waals surface area (Å²) in [6.45, 7) is 0.594. The molecular weight excluding hydrogens is 462 g/mol. The van der Waals surface area contributed by atoms with Crippen LogP contribution in [0, 0.1) is 0 Å². The highest BCUT2D eigenvalue weighted by Gasteiger charge is 2.27. The number of sulfonamides is 1. The van der Waals surface area contributed by atoms with Gasteiger partial charge in [-0.2, -0.15) is 4.31 Å². The zero-order valence-electron chi connectivity index (χ0n) is 19.5. The number of methoxy groups -OCH3 is 3. The van der Waals surface area contributed by atoms with E-state index in [1.165, 1.54) is 49.9 Å². The third-order valence-electron chi connectivity index (χ3n) is 5.59. The third-order valence-corrected chi connectivity index (χ3v) is 7.50. The smallest absolute Gasteiger partial charge is 0.306 e. The van der Waals surface area contributed by atoms with Crippen LogP contribution in [0.5, 0.6) is 17.2 Å². The molecule has 34 heavy (non-hydrogen) atoms. The summed E-state index contributed by atoms with van der Waals surface area (Å²) in [6, 6.07) is 9.19. The minimum absolute atomic E-state index is 0.0545. The fourth-order valence-electron chi connectivity index (χ4n) is 3.72. The third kappa shape index (κ3) is 5.87. The predicted molar refractivity (Wildman–Crippen MR) is 124 cm³/mol. The molecule has 0 saturated carbocycles. The number of ether oxygens (including phenoxy) is 4. The summed E-state index contributed by atoms with van der Waals surface area (Å²) >= 11 is 0. The molecule has 0 aliphatic carbocycles. The lowest BCUT2D eigenvalue weighted by Crippen LogP contribution is -2.27. The Balaban J connectivity index is 1.54. The Bertz CT molecular complexity index is 1100. The Morgan fingerprint density at radius 1 is 0.912 bits per heavy atom. The van der Waals surface area contributed by atoms with Crippen LogP contribution in [0.1, 0.15) is 35.2 Å². The SMILES string of the molecule is COc1cc(CCC(=O)OCC(=O)c2ccc(S(=O)(=O)N3CCCC3)cc2)cc(OC)c1OC. The Labute approximate surface area is 199 Å².